The number of ether oxygens (including phenoxy) is 2. The zero-order chi connectivity index (χ0) is 18.9. The van der Waals surface area contributed by atoms with Gasteiger partial charge in [0.1, 0.15) is 5.75 Å². The Labute approximate surface area is 152 Å². The fourth-order valence-electron chi connectivity index (χ4n) is 2.34. The summed E-state index contributed by atoms with van der Waals surface area (Å²) in [6.45, 7) is 5.62. The van der Waals surface area contributed by atoms with Crippen LogP contribution in [-0.2, 0) is 14.3 Å². The second kappa shape index (κ2) is 9.36. The van der Waals surface area contributed by atoms with Crippen LogP contribution in [0.1, 0.15) is 23.6 Å². The molecule has 136 valence electrons. The normalized spacial score (nSPS) is 11.0. The SMILES string of the molecule is CCOC(=O)/C(=N/NC(=O)COc1cc(C)cc(C)c1)c1ccccc1. The first-order valence-corrected chi connectivity index (χ1v) is 8.29. The maximum absolute atomic E-state index is 12.1. The molecule has 0 saturated heterocycles. The van der Waals surface area contributed by atoms with Gasteiger partial charge in [0.25, 0.3) is 5.91 Å². The molecule has 2 aromatic rings. The largest absolute Gasteiger partial charge is 0.484 e. The molecule has 0 aliphatic heterocycles. The van der Waals surface area contributed by atoms with E-state index in [1.807, 2.05) is 38.1 Å². The third-order valence-corrected chi connectivity index (χ3v) is 3.37. The van der Waals surface area contributed by atoms with Crippen LogP contribution >= 0.6 is 0 Å². The molecule has 0 aromatic heterocycles. The van der Waals surface area contributed by atoms with Gasteiger partial charge in [-0.25, -0.2) is 10.2 Å². The maximum Gasteiger partial charge on any atom is 0.359 e. The molecule has 0 heterocycles. The first-order chi connectivity index (χ1) is 12.5. The minimum Gasteiger partial charge on any atom is -0.484 e. The van der Waals surface area contributed by atoms with Crippen molar-refractivity contribution in [1.82, 2.24) is 5.43 Å². The Balaban J connectivity index is 2.03. The lowest BCUT2D eigenvalue weighted by Crippen LogP contribution is -2.29. The van der Waals surface area contributed by atoms with Crippen LogP contribution in [0.5, 0.6) is 5.75 Å². The van der Waals surface area contributed by atoms with Crippen LogP contribution in [0.25, 0.3) is 0 Å². The predicted molar refractivity (Wildman–Crippen MR) is 99.2 cm³/mol. The van der Waals surface area contributed by atoms with Gasteiger partial charge in [-0.2, -0.15) is 5.10 Å². The third-order valence-electron chi connectivity index (χ3n) is 3.37. The van der Waals surface area contributed by atoms with Crippen molar-refractivity contribution in [2.75, 3.05) is 13.2 Å². The van der Waals surface area contributed by atoms with Crippen LogP contribution in [-0.4, -0.2) is 30.8 Å². The molecule has 0 aliphatic carbocycles. The number of rotatable bonds is 7. The lowest BCUT2D eigenvalue weighted by atomic mass is 10.1. The molecule has 0 radical (unpaired) electrons. The molecule has 0 bridgehead atoms. The monoisotopic (exact) mass is 354 g/mol. The number of esters is 1. The van der Waals surface area contributed by atoms with Gasteiger partial charge in [-0.05, 0) is 44.0 Å². The third kappa shape index (κ3) is 5.73. The molecule has 26 heavy (non-hydrogen) atoms. The second-order valence-electron chi connectivity index (χ2n) is 5.69. The molecule has 2 aromatic carbocycles. The summed E-state index contributed by atoms with van der Waals surface area (Å²) < 4.78 is 10.5. The second-order valence-corrected chi connectivity index (χ2v) is 5.69. The minimum atomic E-state index is -0.603. The van der Waals surface area contributed by atoms with Crippen molar-refractivity contribution in [3.63, 3.8) is 0 Å². The van der Waals surface area contributed by atoms with Crippen LogP contribution in [0.2, 0.25) is 0 Å². The van der Waals surface area contributed by atoms with Crippen molar-refractivity contribution in [3.05, 3.63) is 65.2 Å². The predicted octanol–water partition coefficient (Wildman–Crippen LogP) is 2.77. The van der Waals surface area contributed by atoms with Crippen LogP contribution in [0.15, 0.2) is 53.6 Å². The maximum atomic E-state index is 12.1. The van der Waals surface area contributed by atoms with Gasteiger partial charge in [0.05, 0.1) is 6.61 Å². The van der Waals surface area contributed by atoms with Crippen molar-refractivity contribution in [2.45, 2.75) is 20.8 Å². The summed E-state index contributed by atoms with van der Waals surface area (Å²) in [5.41, 5.74) is 5.03. The summed E-state index contributed by atoms with van der Waals surface area (Å²) in [4.78, 5) is 24.1. The first-order valence-electron chi connectivity index (χ1n) is 8.29. The van der Waals surface area contributed by atoms with Gasteiger partial charge >= 0.3 is 5.97 Å². The number of hydrazone groups is 1. The fraction of sp³-hybridized carbons (Fsp3) is 0.250. The van der Waals surface area contributed by atoms with Gasteiger partial charge in [0.2, 0.25) is 0 Å². The van der Waals surface area contributed by atoms with Gasteiger partial charge in [0, 0.05) is 5.56 Å². The Morgan fingerprint density at radius 2 is 1.69 bits per heavy atom. The molecule has 0 saturated carbocycles. The van der Waals surface area contributed by atoms with Gasteiger partial charge in [-0.15, -0.1) is 0 Å². The van der Waals surface area contributed by atoms with Crippen LogP contribution < -0.4 is 10.2 Å². The van der Waals surface area contributed by atoms with Crippen LogP contribution in [0.3, 0.4) is 0 Å². The standard InChI is InChI=1S/C20H22N2O4/c1-4-25-20(24)19(16-8-6-5-7-9-16)22-21-18(23)13-26-17-11-14(2)10-15(3)12-17/h5-12H,4,13H2,1-3H3,(H,21,23)/b22-19+. The summed E-state index contributed by atoms with van der Waals surface area (Å²) in [5, 5.41) is 3.92. The van der Waals surface area contributed by atoms with Crippen molar-refractivity contribution in [3.8, 4) is 5.75 Å². The zero-order valence-electron chi connectivity index (χ0n) is 15.1. The Bertz CT molecular complexity index is 780. The van der Waals surface area contributed by atoms with Gasteiger partial charge < -0.3 is 9.47 Å². The first kappa shape index (κ1) is 19.2. The van der Waals surface area contributed by atoms with E-state index in [4.69, 9.17) is 9.47 Å². The molecule has 0 aliphatic rings. The highest BCUT2D eigenvalue weighted by molar-refractivity contribution is 6.43. The van der Waals surface area contributed by atoms with E-state index in [-0.39, 0.29) is 18.9 Å². The number of carbonyl (C=O) groups is 2. The highest BCUT2D eigenvalue weighted by atomic mass is 16.5. The highest BCUT2D eigenvalue weighted by Gasteiger charge is 2.16. The Morgan fingerprint density at radius 1 is 1.04 bits per heavy atom. The number of hydrogen-bond acceptors (Lipinski definition) is 5. The lowest BCUT2D eigenvalue weighted by Gasteiger charge is -2.09. The number of nitrogens with one attached hydrogen (secondary N) is 1. The smallest absolute Gasteiger partial charge is 0.359 e. The van der Waals surface area contributed by atoms with Gasteiger partial charge in [-0.1, -0.05) is 36.4 Å². The van der Waals surface area contributed by atoms with Crippen molar-refractivity contribution in [1.29, 1.82) is 0 Å². The molecule has 0 spiro atoms. The van der Waals surface area contributed by atoms with Gasteiger partial charge in [-0.3, -0.25) is 4.79 Å². The summed E-state index contributed by atoms with van der Waals surface area (Å²) in [5.74, 6) is -0.466. The molecular weight excluding hydrogens is 332 g/mol. The van der Waals surface area contributed by atoms with Crippen LogP contribution in [0.4, 0.5) is 0 Å². The number of aryl methyl sites for hydroxylation is 2. The lowest BCUT2D eigenvalue weighted by molar-refractivity contribution is -0.134. The van der Waals surface area contributed by atoms with Crippen molar-refractivity contribution >= 4 is 17.6 Å². The quantitative estimate of drug-likeness (QED) is 0.471. The number of hydrogen-bond donors (Lipinski definition) is 1. The Kier molecular flexibility index (Phi) is 6.91. The highest BCUT2D eigenvalue weighted by Crippen LogP contribution is 2.15. The molecule has 0 fully saturated rings. The Hall–Kier alpha value is -3.15. The summed E-state index contributed by atoms with van der Waals surface area (Å²) >= 11 is 0. The fourth-order valence-corrected chi connectivity index (χ4v) is 2.34. The number of nitrogens with zero attached hydrogens (tertiary/aromatic N) is 1. The molecule has 6 nitrogen and oxygen atoms in total. The Morgan fingerprint density at radius 3 is 2.31 bits per heavy atom. The van der Waals surface area contributed by atoms with E-state index in [9.17, 15) is 9.59 Å². The molecular formula is C20H22N2O4. The topological polar surface area (TPSA) is 77.0 Å². The van der Waals surface area contributed by atoms with E-state index >= 15 is 0 Å². The summed E-state index contributed by atoms with van der Waals surface area (Å²) in [7, 11) is 0. The van der Waals surface area contributed by atoms with E-state index in [0.717, 1.165) is 11.1 Å². The van der Waals surface area contributed by atoms with Gasteiger partial charge in [0.15, 0.2) is 12.3 Å². The molecule has 0 atom stereocenters. The zero-order valence-corrected chi connectivity index (χ0v) is 15.1. The number of benzene rings is 2. The average molecular weight is 354 g/mol. The van der Waals surface area contributed by atoms with E-state index in [0.29, 0.717) is 11.3 Å². The van der Waals surface area contributed by atoms with Crippen molar-refractivity contribution < 1.29 is 19.1 Å². The van der Waals surface area contributed by atoms with E-state index in [1.165, 1.54) is 0 Å². The molecule has 1 N–H and O–H groups in total. The summed E-state index contributed by atoms with van der Waals surface area (Å²) in [6, 6.07) is 14.5. The van der Waals surface area contributed by atoms with Crippen LogP contribution in [0, 0.1) is 13.8 Å². The van der Waals surface area contributed by atoms with Crippen molar-refractivity contribution in [2.24, 2.45) is 5.10 Å². The molecule has 1 amide bonds. The van der Waals surface area contributed by atoms with E-state index in [2.05, 4.69) is 10.5 Å². The molecule has 6 heteroatoms. The average Bonchev–Trinajstić information content (AvgIpc) is 2.60. The number of carbonyl (C=O) groups excluding carboxylic acids is 2. The molecule has 0 unspecified atom stereocenters. The molecule has 2 rings (SSSR count). The number of amides is 1. The van der Waals surface area contributed by atoms with E-state index < -0.39 is 11.9 Å². The summed E-state index contributed by atoms with van der Waals surface area (Å²) in [6.07, 6.45) is 0. The minimum absolute atomic E-state index is 0.0344. The van der Waals surface area contributed by atoms with E-state index in [1.54, 1.807) is 31.2 Å².